The van der Waals surface area contributed by atoms with Crippen molar-refractivity contribution in [2.75, 3.05) is 55.4 Å². The van der Waals surface area contributed by atoms with E-state index < -0.39 is 51.1 Å². The lowest BCUT2D eigenvalue weighted by Crippen LogP contribution is -2.72. The molecule has 4 fully saturated rings. The molecule has 10 rings (SSSR count). The molecular formula is C45H43F3N8O5S. The number of carbonyl (C=O) groups is 3. The second-order valence-corrected chi connectivity index (χ2v) is 18.9. The molecule has 17 heteroatoms. The molecule has 5 aliphatic heterocycles. The number of pyridine rings is 1. The first-order chi connectivity index (χ1) is 29.7. The first-order valence-electron chi connectivity index (χ1n) is 20.7. The fraction of sp³-hybridized carbons (Fsp3) is 0.333. The van der Waals surface area contributed by atoms with Crippen molar-refractivity contribution in [1.29, 1.82) is 0 Å². The van der Waals surface area contributed by atoms with Crippen molar-refractivity contribution in [3.63, 3.8) is 0 Å². The van der Waals surface area contributed by atoms with E-state index in [1.54, 1.807) is 17.2 Å². The van der Waals surface area contributed by atoms with E-state index in [1.807, 2.05) is 41.1 Å². The van der Waals surface area contributed by atoms with E-state index in [9.17, 15) is 27.2 Å². The van der Waals surface area contributed by atoms with Crippen LogP contribution < -0.4 is 14.9 Å². The first kappa shape index (κ1) is 40.1. The number of ketones is 1. The van der Waals surface area contributed by atoms with E-state index in [0.29, 0.717) is 47.2 Å². The van der Waals surface area contributed by atoms with Crippen molar-refractivity contribution in [2.24, 2.45) is 5.41 Å². The number of halogens is 3. The highest BCUT2D eigenvalue weighted by molar-refractivity contribution is 7.90. The number of alkyl halides is 1. The Labute approximate surface area is 355 Å². The Morgan fingerprint density at radius 2 is 1.77 bits per heavy atom. The summed E-state index contributed by atoms with van der Waals surface area (Å²) in [6.45, 7) is 8.64. The van der Waals surface area contributed by atoms with Crippen LogP contribution in [0, 0.1) is 17.0 Å². The topological polar surface area (TPSA) is 151 Å². The van der Waals surface area contributed by atoms with Gasteiger partial charge in [-0.1, -0.05) is 30.8 Å². The maximum Gasteiger partial charge on any atom is 0.301 e. The Morgan fingerprint density at radius 1 is 0.984 bits per heavy atom. The number of aromatic amines is 1. The number of hydrogen-bond acceptors (Lipinski definition) is 8. The highest BCUT2D eigenvalue weighted by atomic mass is 32.2. The zero-order valence-electron chi connectivity index (χ0n) is 33.6. The molecule has 7 heterocycles. The summed E-state index contributed by atoms with van der Waals surface area (Å²) in [5.41, 5.74) is 5.09. The van der Waals surface area contributed by atoms with Crippen molar-refractivity contribution in [1.82, 2.24) is 29.4 Å². The van der Waals surface area contributed by atoms with Gasteiger partial charge in [0.2, 0.25) is 11.7 Å². The van der Waals surface area contributed by atoms with Gasteiger partial charge in [-0.25, -0.2) is 18.2 Å². The SMILES string of the molecule is C=C1CCC(N2Cc3cc(CCN4CC5(C4)CN(c4ccc(-c6cnc7[nH]cc(C(=O)c8c(F)ccc(NS(=O)(=O)N9CC[C@@H](F)C9)c8F)c7c6)cc4)C5)ccc3C2=O)C(=O)N1. The predicted molar refractivity (Wildman–Crippen MR) is 226 cm³/mol. The van der Waals surface area contributed by atoms with Gasteiger partial charge in [0.05, 0.1) is 11.3 Å². The minimum Gasteiger partial charge on any atom is -0.370 e. The number of aromatic nitrogens is 2. The number of allylic oxidation sites excluding steroid dienone is 1. The van der Waals surface area contributed by atoms with Crippen molar-refractivity contribution in [3.8, 4) is 11.1 Å². The third-order valence-corrected chi connectivity index (χ3v) is 14.4. The fourth-order valence-electron chi connectivity index (χ4n) is 9.65. The quantitative estimate of drug-likeness (QED) is 0.146. The zero-order valence-corrected chi connectivity index (χ0v) is 34.4. The van der Waals surface area contributed by atoms with Crippen molar-refractivity contribution >= 4 is 50.2 Å². The number of nitrogens with one attached hydrogen (secondary N) is 3. The second kappa shape index (κ2) is 15.1. The number of H-pyrrole nitrogens is 1. The highest BCUT2D eigenvalue weighted by Crippen LogP contribution is 2.42. The summed E-state index contributed by atoms with van der Waals surface area (Å²) >= 11 is 0. The van der Waals surface area contributed by atoms with Crippen LogP contribution in [0.1, 0.15) is 56.7 Å². The molecule has 5 aromatic rings. The summed E-state index contributed by atoms with van der Waals surface area (Å²) in [5, 5.41) is 3.12. The third-order valence-electron chi connectivity index (χ3n) is 12.9. The van der Waals surface area contributed by atoms with Crippen LogP contribution in [0.4, 0.5) is 24.5 Å². The van der Waals surface area contributed by atoms with E-state index in [0.717, 1.165) is 72.4 Å². The Balaban J connectivity index is 0.748. The van der Waals surface area contributed by atoms with Gasteiger partial charge in [0.25, 0.3) is 5.91 Å². The number of benzene rings is 3. The average Bonchev–Trinajstić information content (AvgIpc) is 3.95. The van der Waals surface area contributed by atoms with Gasteiger partial charge in [-0.15, -0.1) is 0 Å². The molecule has 13 nitrogen and oxygen atoms in total. The summed E-state index contributed by atoms with van der Waals surface area (Å²) in [4.78, 5) is 53.2. The van der Waals surface area contributed by atoms with Crippen molar-refractivity contribution in [3.05, 3.63) is 125 Å². The molecule has 3 aromatic carbocycles. The molecule has 320 valence electrons. The van der Waals surface area contributed by atoms with Crippen LogP contribution in [0.5, 0.6) is 0 Å². The molecule has 5 aliphatic rings. The van der Waals surface area contributed by atoms with Gasteiger partial charge >= 0.3 is 10.2 Å². The van der Waals surface area contributed by atoms with Gasteiger partial charge in [-0.3, -0.25) is 19.1 Å². The predicted octanol–water partition coefficient (Wildman–Crippen LogP) is 5.55. The van der Waals surface area contributed by atoms with Crippen LogP contribution in [-0.4, -0.2) is 108 Å². The van der Waals surface area contributed by atoms with Gasteiger partial charge in [0, 0.05) is 104 Å². The molecule has 2 atom stereocenters. The van der Waals surface area contributed by atoms with Crippen LogP contribution in [-0.2, 0) is 28.0 Å². The summed E-state index contributed by atoms with van der Waals surface area (Å²) in [7, 11) is -4.35. The number of nitrogens with zero attached hydrogens (tertiary/aromatic N) is 5. The Morgan fingerprint density at radius 3 is 2.52 bits per heavy atom. The molecule has 0 aliphatic carbocycles. The third kappa shape index (κ3) is 7.10. The lowest BCUT2D eigenvalue weighted by molar-refractivity contribution is -0.126. The standard InChI is InChI=1S/C45H43F3N8O5S/c1-26-2-11-38(43(58)51-26)56-20-30-16-27(3-8-33(30)44(56)59)12-14-53-22-45(23-53)24-54(25-45)32-6-4-28(5-7-32)29-17-34-35(19-50-42(34)49-18-29)41(57)39-36(47)9-10-37(40(39)48)52-62(60,61)55-15-13-31(46)21-55/h3-10,16-19,31,38,52H,1-2,11-15,20-25H2,(H,49,50)(H,51,58)/t31-,38?/m1/s1. The van der Waals surface area contributed by atoms with Crippen LogP contribution in [0.25, 0.3) is 22.2 Å². The van der Waals surface area contributed by atoms with Crippen molar-refractivity contribution < 1.29 is 36.0 Å². The van der Waals surface area contributed by atoms with Gasteiger partial charge in [-0.05, 0) is 78.8 Å². The van der Waals surface area contributed by atoms with E-state index in [2.05, 4.69) is 37.7 Å². The van der Waals surface area contributed by atoms with Gasteiger partial charge in [-0.2, -0.15) is 12.7 Å². The zero-order chi connectivity index (χ0) is 43.1. The number of likely N-dealkylation sites (tertiary alicyclic amines) is 1. The normalized spacial score (nSPS) is 21.3. The largest absolute Gasteiger partial charge is 0.370 e. The van der Waals surface area contributed by atoms with E-state index in [1.165, 1.54) is 11.8 Å². The fourth-order valence-corrected chi connectivity index (χ4v) is 10.9. The lowest BCUT2D eigenvalue weighted by Gasteiger charge is -2.61. The number of amides is 2. The Hall–Kier alpha value is -6.04. The average molecular weight is 865 g/mol. The van der Waals surface area contributed by atoms with Crippen LogP contribution >= 0.6 is 0 Å². The van der Waals surface area contributed by atoms with Crippen LogP contribution in [0.15, 0.2) is 85.3 Å². The van der Waals surface area contributed by atoms with E-state index in [4.69, 9.17) is 0 Å². The molecule has 3 N–H and O–H groups in total. The molecule has 0 bridgehead atoms. The molecule has 2 aromatic heterocycles. The maximum absolute atomic E-state index is 15.7. The summed E-state index contributed by atoms with van der Waals surface area (Å²) in [5.74, 6) is -3.80. The molecule has 1 spiro atoms. The smallest absolute Gasteiger partial charge is 0.301 e. The molecule has 0 saturated carbocycles. The van der Waals surface area contributed by atoms with Crippen LogP contribution in [0.2, 0.25) is 0 Å². The molecule has 0 radical (unpaired) electrons. The maximum atomic E-state index is 15.7. The second-order valence-electron chi connectivity index (χ2n) is 17.2. The number of hydrogen-bond donors (Lipinski definition) is 3. The molecule has 62 heavy (non-hydrogen) atoms. The monoisotopic (exact) mass is 864 g/mol. The lowest BCUT2D eigenvalue weighted by atomic mass is 9.72. The number of fused-ring (bicyclic) bond motifs is 2. The number of rotatable bonds is 11. The van der Waals surface area contributed by atoms with Gasteiger partial charge < -0.3 is 25.0 Å². The van der Waals surface area contributed by atoms with Gasteiger partial charge in [0.1, 0.15) is 23.7 Å². The minimum absolute atomic E-state index is 0.00556. The Bertz CT molecular complexity index is 2800. The number of carbonyl (C=O) groups excluding carboxylic acids is 3. The number of piperidine rings is 1. The minimum atomic E-state index is -4.35. The van der Waals surface area contributed by atoms with E-state index in [-0.39, 0.29) is 42.3 Å². The molecule has 4 saturated heterocycles. The van der Waals surface area contributed by atoms with Gasteiger partial charge in [0.15, 0.2) is 5.82 Å². The van der Waals surface area contributed by atoms with Crippen LogP contribution in [0.3, 0.4) is 0 Å². The summed E-state index contributed by atoms with van der Waals surface area (Å²) in [6, 6.07) is 17.0. The summed E-state index contributed by atoms with van der Waals surface area (Å²) in [6.07, 6.45) is 3.75. The molecule has 1 unspecified atom stereocenters. The number of anilines is 2. The van der Waals surface area contributed by atoms with Crippen molar-refractivity contribution in [2.45, 2.75) is 44.4 Å². The van der Waals surface area contributed by atoms with E-state index >= 15 is 8.78 Å². The molecular weight excluding hydrogens is 822 g/mol. The Kier molecular flexibility index (Phi) is 9.75. The first-order valence-corrected chi connectivity index (χ1v) is 22.1. The molecule has 2 amide bonds. The summed E-state index contributed by atoms with van der Waals surface area (Å²) < 4.78 is 73.0. The highest BCUT2D eigenvalue weighted by Gasteiger charge is 2.51.